The van der Waals surface area contributed by atoms with Crippen LogP contribution >= 0.6 is 0 Å². The molecule has 2 bridgehead atoms. The van der Waals surface area contributed by atoms with Crippen LogP contribution in [0.5, 0.6) is 0 Å². The highest BCUT2D eigenvalue weighted by Crippen LogP contribution is 2.54. The van der Waals surface area contributed by atoms with Gasteiger partial charge in [0.25, 0.3) is 0 Å². The molecule has 0 unspecified atom stereocenters. The minimum absolute atomic E-state index is 0.102. The summed E-state index contributed by atoms with van der Waals surface area (Å²) in [7, 11) is 0. The van der Waals surface area contributed by atoms with Crippen LogP contribution in [0.25, 0.3) is 0 Å². The van der Waals surface area contributed by atoms with E-state index in [1.54, 1.807) is 19.1 Å². The molecule has 0 aromatic heterocycles. The van der Waals surface area contributed by atoms with Crippen molar-refractivity contribution in [2.75, 3.05) is 19.6 Å². The van der Waals surface area contributed by atoms with Crippen molar-refractivity contribution in [1.82, 2.24) is 10.2 Å². The molecule has 1 aromatic rings. The monoisotopic (exact) mass is 374 g/mol. The van der Waals surface area contributed by atoms with E-state index < -0.39 is 0 Å². The second-order valence-electron chi connectivity index (χ2n) is 8.22. The van der Waals surface area contributed by atoms with E-state index in [2.05, 4.69) is 5.32 Å². The standard InChI is InChI=1S/C21H27FN2O3/c1-3-20(26)24-11-16-15(18-6-7-21(16,12-24)27-18)10-23-19(25)9-14-5-4-13(2)17(22)8-14/h4-5,8,15-16,18H,3,6-7,9-12H2,1-2H3,(H,23,25)/t15-,16+,18+,21+/m0/s1. The number of hydrogen-bond acceptors (Lipinski definition) is 3. The third kappa shape index (κ3) is 3.24. The lowest BCUT2D eigenvalue weighted by atomic mass is 9.73. The number of rotatable bonds is 5. The second-order valence-corrected chi connectivity index (χ2v) is 8.22. The van der Waals surface area contributed by atoms with Crippen LogP contribution in [-0.4, -0.2) is 48.1 Å². The summed E-state index contributed by atoms with van der Waals surface area (Å²) in [6, 6.07) is 4.91. The Bertz CT molecular complexity index is 768. The van der Waals surface area contributed by atoms with Gasteiger partial charge >= 0.3 is 0 Å². The first kappa shape index (κ1) is 18.4. The number of halogens is 1. The van der Waals surface area contributed by atoms with Crippen LogP contribution in [0.4, 0.5) is 4.39 Å². The van der Waals surface area contributed by atoms with Crippen LogP contribution in [0.3, 0.4) is 0 Å². The summed E-state index contributed by atoms with van der Waals surface area (Å²) in [5, 5.41) is 3.01. The molecule has 6 heteroatoms. The lowest BCUT2D eigenvalue weighted by Crippen LogP contribution is -2.42. The van der Waals surface area contributed by atoms with Crippen LogP contribution in [-0.2, 0) is 20.7 Å². The van der Waals surface area contributed by atoms with E-state index >= 15 is 0 Å². The number of nitrogens with one attached hydrogen (secondary N) is 1. The molecule has 1 aromatic carbocycles. The van der Waals surface area contributed by atoms with Gasteiger partial charge in [-0.2, -0.15) is 0 Å². The normalized spacial score (nSPS) is 31.2. The number of benzene rings is 1. The molecule has 5 nitrogen and oxygen atoms in total. The summed E-state index contributed by atoms with van der Waals surface area (Å²) in [5.41, 5.74) is 1.05. The van der Waals surface area contributed by atoms with E-state index in [-0.39, 0.29) is 41.7 Å². The second kappa shape index (κ2) is 6.89. The highest BCUT2D eigenvalue weighted by Gasteiger charge is 2.63. The molecular weight excluding hydrogens is 347 g/mol. The van der Waals surface area contributed by atoms with Gasteiger partial charge in [-0.25, -0.2) is 4.39 Å². The molecule has 3 heterocycles. The Balaban J connectivity index is 1.36. The molecule has 146 valence electrons. The molecule has 1 N–H and O–H groups in total. The van der Waals surface area contributed by atoms with Crippen molar-refractivity contribution in [3.05, 3.63) is 35.1 Å². The minimum atomic E-state index is -0.282. The lowest BCUT2D eigenvalue weighted by Gasteiger charge is -2.29. The van der Waals surface area contributed by atoms with Gasteiger partial charge in [0.15, 0.2) is 0 Å². The molecular formula is C21H27FN2O3. The Morgan fingerprint density at radius 2 is 2.22 bits per heavy atom. The van der Waals surface area contributed by atoms with Gasteiger partial charge in [0.2, 0.25) is 11.8 Å². The molecule has 3 fully saturated rings. The summed E-state index contributed by atoms with van der Waals surface area (Å²) >= 11 is 0. The van der Waals surface area contributed by atoms with Crippen molar-refractivity contribution in [3.8, 4) is 0 Å². The Morgan fingerprint density at radius 1 is 1.41 bits per heavy atom. The van der Waals surface area contributed by atoms with E-state index in [9.17, 15) is 14.0 Å². The number of aryl methyl sites for hydroxylation is 1. The number of hydrogen-bond donors (Lipinski definition) is 1. The van der Waals surface area contributed by atoms with Gasteiger partial charge in [0.1, 0.15) is 5.82 Å². The molecule has 27 heavy (non-hydrogen) atoms. The summed E-state index contributed by atoms with van der Waals surface area (Å²) < 4.78 is 20.0. The van der Waals surface area contributed by atoms with Crippen molar-refractivity contribution in [2.45, 2.75) is 51.2 Å². The number of fused-ring (bicyclic) bond motifs is 1. The maximum Gasteiger partial charge on any atom is 0.224 e. The topological polar surface area (TPSA) is 58.6 Å². The van der Waals surface area contributed by atoms with Gasteiger partial charge in [-0.15, -0.1) is 0 Å². The number of likely N-dealkylation sites (tertiary alicyclic amines) is 1. The van der Waals surface area contributed by atoms with Crippen LogP contribution < -0.4 is 5.32 Å². The molecule has 4 atom stereocenters. The van der Waals surface area contributed by atoms with Crippen LogP contribution in [0.2, 0.25) is 0 Å². The minimum Gasteiger partial charge on any atom is -0.369 e. The van der Waals surface area contributed by atoms with E-state index in [0.717, 1.165) is 19.4 Å². The number of carbonyl (C=O) groups is 2. The molecule has 0 radical (unpaired) electrons. The fourth-order valence-electron chi connectivity index (χ4n) is 5.10. The maximum atomic E-state index is 13.7. The van der Waals surface area contributed by atoms with Crippen molar-refractivity contribution in [1.29, 1.82) is 0 Å². The zero-order valence-corrected chi connectivity index (χ0v) is 16.0. The summed E-state index contributed by atoms with van der Waals surface area (Å²) in [5.74, 6) is 0.330. The van der Waals surface area contributed by atoms with Gasteiger partial charge in [0.05, 0.1) is 24.7 Å². The first-order chi connectivity index (χ1) is 12.9. The average molecular weight is 374 g/mol. The Morgan fingerprint density at radius 3 is 2.96 bits per heavy atom. The van der Waals surface area contributed by atoms with Gasteiger partial charge in [-0.05, 0) is 37.0 Å². The molecule has 3 saturated heterocycles. The van der Waals surface area contributed by atoms with Crippen molar-refractivity contribution >= 4 is 11.8 Å². The predicted octanol–water partition coefficient (Wildman–Crippen LogP) is 2.21. The predicted molar refractivity (Wildman–Crippen MR) is 98.5 cm³/mol. The fourth-order valence-corrected chi connectivity index (χ4v) is 5.10. The van der Waals surface area contributed by atoms with E-state index in [1.807, 2.05) is 11.8 Å². The zero-order valence-electron chi connectivity index (χ0n) is 16.0. The average Bonchev–Trinajstić information content (AvgIpc) is 3.30. The molecule has 0 aliphatic carbocycles. The van der Waals surface area contributed by atoms with Crippen LogP contribution in [0, 0.1) is 24.6 Å². The largest absolute Gasteiger partial charge is 0.369 e. The molecule has 3 aliphatic rings. The number of ether oxygens (including phenoxy) is 1. The molecule has 2 amide bonds. The highest BCUT2D eigenvalue weighted by molar-refractivity contribution is 5.78. The van der Waals surface area contributed by atoms with Crippen LogP contribution in [0.1, 0.15) is 37.3 Å². The smallest absolute Gasteiger partial charge is 0.224 e. The molecule has 4 rings (SSSR count). The third-order valence-corrected chi connectivity index (χ3v) is 6.57. The fraction of sp³-hybridized carbons (Fsp3) is 0.619. The van der Waals surface area contributed by atoms with Crippen molar-refractivity contribution < 1.29 is 18.7 Å². The van der Waals surface area contributed by atoms with Gasteiger partial charge in [0, 0.05) is 31.3 Å². The van der Waals surface area contributed by atoms with Gasteiger partial charge in [-0.3, -0.25) is 9.59 Å². The Labute approximate surface area is 159 Å². The Hall–Kier alpha value is -1.95. The summed E-state index contributed by atoms with van der Waals surface area (Å²) in [6.07, 6.45) is 2.86. The lowest BCUT2D eigenvalue weighted by molar-refractivity contribution is -0.131. The number of carbonyl (C=O) groups excluding carboxylic acids is 2. The van der Waals surface area contributed by atoms with Crippen molar-refractivity contribution in [3.63, 3.8) is 0 Å². The number of nitrogens with zero attached hydrogens (tertiary/aromatic N) is 1. The maximum absolute atomic E-state index is 13.7. The van der Waals surface area contributed by atoms with Crippen molar-refractivity contribution in [2.24, 2.45) is 11.8 Å². The molecule has 0 saturated carbocycles. The third-order valence-electron chi connectivity index (χ3n) is 6.57. The first-order valence-electron chi connectivity index (χ1n) is 9.89. The highest BCUT2D eigenvalue weighted by atomic mass is 19.1. The van der Waals surface area contributed by atoms with Crippen LogP contribution in [0.15, 0.2) is 18.2 Å². The van der Waals surface area contributed by atoms with Gasteiger partial charge < -0.3 is 15.0 Å². The van der Waals surface area contributed by atoms with E-state index in [0.29, 0.717) is 36.6 Å². The molecule has 3 aliphatic heterocycles. The summed E-state index contributed by atoms with van der Waals surface area (Å²) in [4.78, 5) is 26.4. The molecule has 1 spiro atoms. The number of amides is 2. The SMILES string of the molecule is CCC(=O)N1C[C@@H]2[C@H](CNC(=O)Cc3ccc(C)c(F)c3)[C@H]3CC[C@]2(C1)O3. The first-order valence-corrected chi connectivity index (χ1v) is 9.89. The summed E-state index contributed by atoms with van der Waals surface area (Å²) in [6.45, 7) is 5.57. The quantitative estimate of drug-likeness (QED) is 0.860. The van der Waals surface area contributed by atoms with E-state index in [1.165, 1.54) is 6.07 Å². The van der Waals surface area contributed by atoms with Gasteiger partial charge in [-0.1, -0.05) is 19.1 Å². The zero-order chi connectivity index (χ0) is 19.2. The van der Waals surface area contributed by atoms with E-state index in [4.69, 9.17) is 4.74 Å². The Kier molecular flexibility index (Phi) is 4.70.